The molecule has 0 radical (unpaired) electrons. The second-order valence-electron chi connectivity index (χ2n) is 1.58. The molecule has 0 amide bonds. The van der Waals surface area contributed by atoms with Crippen molar-refractivity contribution in [3.8, 4) is 0 Å². The van der Waals surface area contributed by atoms with Gasteiger partial charge in [0.05, 0.1) is 0 Å². The molecule has 0 saturated heterocycles. The molecule has 0 aliphatic heterocycles. The Morgan fingerprint density at radius 3 is 1.67 bits per heavy atom. The fraction of sp³-hybridized carbons (Fsp3) is 1.00. The van der Waals surface area contributed by atoms with E-state index in [1.807, 2.05) is 13.8 Å². The molecule has 1 nitrogen and oxygen atoms in total. The van der Waals surface area contributed by atoms with Crippen molar-refractivity contribution >= 4 is 45.5 Å². The van der Waals surface area contributed by atoms with Crippen molar-refractivity contribution in [1.29, 1.82) is 0 Å². The van der Waals surface area contributed by atoms with Crippen molar-refractivity contribution < 1.29 is 5.11 Å². The fourth-order valence-corrected chi connectivity index (χ4v) is 0. The zero-order chi connectivity index (χ0) is 4.28. The van der Waals surface area contributed by atoms with Gasteiger partial charge in [0.25, 0.3) is 0 Å². The van der Waals surface area contributed by atoms with E-state index in [-0.39, 0.29) is 45.5 Å². The molecule has 2 heteroatoms. The van der Waals surface area contributed by atoms with Gasteiger partial charge >= 0.3 is 45.5 Å². The van der Waals surface area contributed by atoms with Crippen LogP contribution in [0.3, 0.4) is 0 Å². The van der Waals surface area contributed by atoms with Gasteiger partial charge in [-0.3, -0.25) is 0 Å². The second-order valence-corrected chi connectivity index (χ2v) is 1.58. The summed E-state index contributed by atoms with van der Waals surface area (Å²) in [5.74, 6) is 0.440. The molecule has 0 bridgehead atoms. The van der Waals surface area contributed by atoms with E-state index in [4.69, 9.17) is 5.11 Å². The summed E-state index contributed by atoms with van der Waals surface area (Å²) in [6.45, 7) is 4.25. The number of rotatable bonds is 1. The minimum absolute atomic E-state index is 0. The molecule has 6 heavy (non-hydrogen) atoms. The molecule has 0 spiro atoms. The average Bonchev–Trinajstić information content (AvgIpc) is 1.38. The van der Waals surface area contributed by atoms with Gasteiger partial charge in [-0.15, -0.1) is 0 Å². The van der Waals surface area contributed by atoms with Crippen molar-refractivity contribution in [3.05, 3.63) is 0 Å². The maximum absolute atomic E-state index is 8.14. The minimum atomic E-state index is 0. The van der Waals surface area contributed by atoms with Gasteiger partial charge in [-0.25, -0.2) is 0 Å². The first-order valence-corrected chi connectivity index (χ1v) is 1.88. The van der Waals surface area contributed by atoms with Gasteiger partial charge in [0.15, 0.2) is 0 Å². The van der Waals surface area contributed by atoms with Crippen LogP contribution in [0.1, 0.15) is 13.8 Å². The van der Waals surface area contributed by atoms with Gasteiger partial charge in [0.2, 0.25) is 0 Å². The summed E-state index contributed by atoms with van der Waals surface area (Å²) in [6.07, 6.45) is 0. The summed E-state index contributed by atoms with van der Waals surface area (Å²) in [5, 5.41) is 8.14. The summed E-state index contributed by atoms with van der Waals surface area (Å²) in [4.78, 5) is 0. The van der Waals surface area contributed by atoms with Crippen molar-refractivity contribution in [3.63, 3.8) is 0 Å². The topological polar surface area (TPSA) is 20.2 Å². The van der Waals surface area contributed by atoms with Crippen LogP contribution < -0.4 is 0 Å². The molecule has 0 aliphatic carbocycles. The Labute approximate surface area is 76.0 Å². The third kappa shape index (κ3) is 9.06. The van der Waals surface area contributed by atoms with Crippen LogP contribution >= 0.6 is 0 Å². The van der Waals surface area contributed by atoms with Gasteiger partial charge < -0.3 is 5.11 Å². The molecule has 0 aromatic heterocycles. The third-order valence-corrected chi connectivity index (χ3v) is 0.365. The molecule has 0 heterocycles. The van der Waals surface area contributed by atoms with Crippen LogP contribution in [0.15, 0.2) is 0 Å². The second kappa shape index (κ2) is 6.44. The van der Waals surface area contributed by atoms with Crippen LogP contribution in [0.2, 0.25) is 0 Å². The maximum atomic E-state index is 8.14. The summed E-state index contributed by atoms with van der Waals surface area (Å²) >= 11 is 0. The Morgan fingerprint density at radius 1 is 1.50 bits per heavy atom. The number of aliphatic hydroxyl groups excluding tert-OH is 1. The van der Waals surface area contributed by atoms with E-state index in [1.54, 1.807) is 0 Å². The van der Waals surface area contributed by atoms with Crippen molar-refractivity contribution in [2.75, 3.05) is 6.61 Å². The zero-order valence-corrected chi connectivity index (χ0v) is 3.73. The Kier molecular flexibility index (Phi) is 11.2. The molecule has 0 rings (SSSR count). The van der Waals surface area contributed by atoms with Gasteiger partial charge in [0, 0.05) is 6.61 Å². The molecule has 1 N–H and O–H groups in total. The first-order valence-electron chi connectivity index (χ1n) is 1.88. The van der Waals surface area contributed by atoms with E-state index in [2.05, 4.69) is 0 Å². The van der Waals surface area contributed by atoms with Crippen LogP contribution in [0.4, 0.5) is 0 Å². The van der Waals surface area contributed by atoms with Gasteiger partial charge in [-0.05, 0) is 5.92 Å². The van der Waals surface area contributed by atoms with Crippen molar-refractivity contribution in [1.82, 2.24) is 0 Å². The Balaban J connectivity index is 0. The molecular formula is C4H12OSr. The molecular weight excluding hydrogens is 152 g/mol. The predicted molar refractivity (Wildman–Crippen MR) is 30.5 cm³/mol. The molecule has 0 atom stereocenters. The SMILES string of the molecule is CC(C)CO.[SrH2]. The predicted octanol–water partition coefficient (Wildman–Crippen LogP) is -0.282. The molecule has 0 aromatic rings. The fourth-order valence-electron chi connectivity index (χ4n) is 0. The zero-order valence-electron chi connectivity index (χ0n) is 3.73. The number of aliphatic hydroxyl groups is 1. The summed E-state index contributed by atoms with van der Waals surface area (Å²) in [5.41, 5.74) is 0. The van der Waals surface area contributed by atoms with E-state index in [1.165, 1.54) is 0 Å². The van der Waals surface area contributed by atoms with Crippen LogP contribution in [0.25, 0.3) is 0 Å². The van der Waals surface area contributed by atoms with E-state index in [0.717, 1.165) is 0 Å². The van der Waals surface area contributed by atoms with Crippen LogP contribution in [-0.4, -0.2) is 57.2 Å². The van der Waals surface area contributed by atoms with Crippen LogP contribution in [-0.2, 0) is 0 Å². The third-order valence-electron chi connectivity index (χ3n) is 0.365. The molecule has 0 fully saturated rings. The Hall–Kier alpha value is 1.44. The molecule has 36 valence electrons. The first-order chi connectivity index (χ1) is 2.27. The molecule has 0 unspecified atom stereocenters. The van der Waals surface area contributed by atoms with E-state index in [0.29, 0.717) is 12.5 Å². The summed E-state index contributed by atoms with van der Waals surface area (Å²) in [7, 11) is 0. The molecule has 0 aromatic carbocycles. The standard InChI is InChI=1S/C4H10O.Sr.2H/c1-4(2)3-5;;;/h4-5H,3H2,1-2H3;;;. The Morgan fingerprint density at radius 2 is 1.67 bits per heavy atom. The molecule has 0 saturated carbocycles. The van der Waals surface area contributed by atoms with Crippen LogP contribution in [0.5, 0.6) is 0 Å². The van der Waals surface area contributed by atoms with E-state index < -0.39 is 0 Å². The van der Waals surface area contributed by atoms with Crippen molar-refractivity contribution in [2.24, 2.45) is 5.92 Å². The first kappa shape index (κ1) is 10.4. The average molecular weight is 164 g/mol. The van der Waals surface area contributed by atoms with E-state index in [9.17, 15) is 0 Å². The Bertz CT molecular complexity index is 21.5. The summed E-state index contributed by atoms with van der Waals surface area (Å²) < 4.78 is 0. The quantitative estimate of drug-likeness (QED) is 0.528. The van der Waals surface area contributed by atoms with Crippen LogP contribution in [0, 0.1) is 5.92 Å². The number of hydrogen-bond donors (Lipinski definition) is 1. The number of hydrogen-bond acceptors (Lipinski definition) is 1. The van der Waals surface area contributed by atoms with Gasteiger partial charge in [0.1, 0.15) is 0 Å². The normalized spacial score (nSPS) is 8.00. The van der Waals surface area contributed by atoms with Crippen molar-refractivity contribution in [2.45, 2.75) is 13.8 Å². The summed E-state index contributed by atoms with van der Waals surface area (Å²) in [6, 6.07) is 0. The van der Waals surface area contributed by atoms with Gasteiger partial charge in [-0.1, -0.05) is 13.8 Å². The van der Waals surface area contributed by atoms with E-state index >= 15 is 0 Å². The monoisotopic (exact) mass is 164 g/mol. The molecule has 0 aliphatic rings. The van der Waals surface area contributed by atoms with Gasteiger partial charge in [-0.2, -0.15) is 0 Å².